The lowest BCUT2D eigenvalue weighted by Gasteiger charge is -2.15. The fourth-order valence-corrected chi connectivity index (χ4v) is 5.81. The number of hydrogen-bond acceptors (Lipinski definition) is 7. The number of aliphatic hydroxyl groups excluding tert-OH is 2. The number of halogens is 2. The second-order valence-electron chi connectivity index (χ2n) is 10.7. The fourth-order valence-electron chi connectivity index (χ4n) is 5.81. The van der Waals surface area contributed by atoms with Gasteiger partial charge in [0.1, 0.15) is 29.6 Å². The molecule has 3 fully saturated rings. The molecule has 3 aliphatic rings. The predicted molar refractivity (Wildman–Crippen MR) is 143 cm³/mol. The molecular formula is C30H27F2N3O6. The Morgan fingerprint density at radius 1 is 0.976 bits per heavy atom. The molecule has 0 bridgehead atoms. The number of aromatic nitrogens is 2. The molecular weight excluding hydrogens is 536 g/mol. The Bertz CT molecular complexity index is 1610. The second kappa shape index (κ2) is 10.2. The smallest absolute Gasteiger partial charge is 0.295 e. The fraction of sp³-hybridized carbons (Fsp3) is 0.333. The van der Waals surface area contributed by atoms with E-state index in [-0.39, 0.29) is 41.7 Å². The Balaban J connectivity index is 1.10. The van der Waals surface area contributed by atoms with E-state index in [0.29, 0.717) is 30.6 Å². The highest BCUT2D eigenvalue weighted by molar-refractivity contribution is 5.95. The van der Waals surface area contributed by atoms with Crippen molar-refractivity contribution in [1.82, 2.24) is 14.9 Å². The zero-order valence-corrected chi connectivity index (χ0v) is 21.8. The maximum atomic E-state index is 15.6. The number of fused-ring (bicyclic) bond motifs is 2. The van der Waals surface area contributed by atoms with Crippen LogP contribution in [0.4, 0.5) is 8.78 Å². The van der Waals surface area contributed by atoms with Crippen molar-refractivity contribution >= 4 is 16.9 Å². The van der Waals surface area contributed by atoms with E-state index in [4.69, 9.17) is 14.2 Å². The van der Waals surface area contributed by atoms with Gasteiger partial charge in [-0.25, -0.2) is 8.78 Å². The van der Waals surface area contributed by atoms with Gasteiger partial charge in [-0.15, -0.1) is 0 Å². The molecule has 4 heterocycles. The SMILES string of the molecule is O=C(c1ccc(-c2ccc(-c3c(F)cc4[nH]c(OC5COC6C(O)COC56)nc4c3F)cc2)cc1)N1CCC(O)C1. The number of hydrogen-bond donors (Lipinski definition) is 3. The molecule has 3 aliphatic heterocycles. The maximum Gasteiger partial charge on any atom is 0.295 e. The van der Waals surface area contributed by atoms with Crippen molar-refractivity contribution < 1.29 is 38.0 Å². The number of nitrogens with zero attached hydrogens (tertiary/aromatic N) is 2. The minimum Gasteiger partial charge on any atom is -0.456 e. The number of benzene rings is 3. The van der Waals surface area contributed by atoms with Crippen molar-refractivity contribution in [3.05, 3.63) is 71.8 Å². The molecule has 11 heteroatoms. The first-order valence-corrected chi connectivity index (χ1v) is 13.5. The van der Waals surface area contributed by atoms with Crippen LogP contribution in [-0.2, 0) is 9.47 Å². The number of aromatic amines is 1. The van der Waals surface area contributed by atoms with E-state index < -0.39 is 42.2 Å². The first-order valence-electron chi connectivity index (χ1n) is 13.5. The van der Waals surface area contributed by atoms with Crippen LogP contribution in [0.2, 0.25) is 0 Å². The van der Waals surface area contributed by atoms with Crippen LogP contribution in [0.1, 0.15) is 16.8 Å². The lowest BCUT2D eigenvalue weighted by molar-refractivity contribution is 0.00706. The quantitative estimate of drug-likeness (QED) is 0.341. The summed E-state index contributed by atoms with van der Waals surface area (Å²) in [5.41, 5.74) is 2.42. The molecule has 0 radical (unpaired) electrons. The second-order valence-corrected chi connectivity index (χ2v) is 10.7. The molecule has 1 amide bonds. The number of β-amino-alcohol motifs (C(OH)–C–C–N with tert-alkyl or cyclic N) is 1. The molecule has 7 rings (SSSR count). The number of likely N-dealkylation sites (tertiary alicyclic amines) is 1. The molecule has 9 nitrogen and oxygen atoms in total. The van der Waals surface area contributed by atoms with Crippen LogP contribution in [0.3, 0.4) is 0 Å². The molecule has 0 spiro atoms. The van der Waals surface area contributed by atoms with Gasteiger partial charge in [0.25, 0.3) is 11.9 Å². The van der Waals surface area contributed by atoms with Crippen molar-refractivity contribution in [3.8, 4) is 28.3 Å². The minimum absolute atomic E-state index is 0.00729. The van der Waals surface area contributed by atoms with E-state index in [9.17, 15) is 15.0 Å². The average molecular weight is 564 g/mol. The van der Waals surface area contributed by atoms with E-state index in [0.717, 1.165) is 11.1 Å². The van der Waals surface area contributed by atoms with Crippen LogP contribution >= 0.6 is 0 Å². The van der Waals surface area contributed by atoms with E-state index in [1.807, 2.05) is 12.1 Å². The van der Waals surface area contributed by atoms with Gasteiger partial charge in [0, 0.05) is 24.7 Å². The molecule has 41 heavy (non-hydrogen) atoms. The van der Waals surface area contributed by atoms with Crippen molar-refractivity contribution in [2.45, 2.75) is 36.9 Å². The number of ether oxygens (including phenoxy) is 3. The average Bonchev–Trinajstić information content (AvgIpc) is 3.76. The van der Waals surface area contributed by atoms with Crippen molar-refractivity contribution in [3.63, 3.8) is 0 Å². The lowest BCUT2D eigenvalue weighted by Crippen LogP contribution is -2.34. The lowest BCUT2D eigenvalue weighted by atomic mass is 9.98. The number of nitrogens with one attached hydrogen (secondary N) is 1. The van der Waals surface area contributed by atoms with Crippen LogP contribution in [0.25, 0.3) is 33.3 Å². The topological polar surface area (TPSA) is 117 Å². The number of imidazole rings is 1. The molecule has 3 aromatic carbocycles. The third-order valence-electron chi connectivity index (χ3n) is 7.98. The molecule has 5 unspecified atom stereocenters. The summed E-state index contributed by atoms with van der Waals surface area (Å²) in [4.78, 5) is 21.3. The molecule has 4 aromatic rings. The molecule has 3 saturated heterocycles. The maximum absolute atomic E-state index is 15.6. The summed E-state index contributed by atoms with van der Waals surface area (Å²) in [6.45, 7) is 1.20. The largest absolute Gasteiger partial charge is 0.456 e. The van der Waals surface area contributed by atoms with Gasteiger partial charge < -0.3 is 34.3 Å². The summed E-state index contributed by atoms with van der Waals surface area (Å²) >= 11 is 0. The van der Waals surface area contributed by atoms with Crippen LogP contribution in [0.5, 0.6) is 6.01 Å². The van der Waals surface area contributed by atoms with Gasteiger partial charge in [-0.1, -0.05) is 36.4 Å². The third-order valence-corrected chi connectivity index (χ3v) is 7.98. The molecule has 3 N–H and O–H groups in total. The number of amides is 1. The summed E-state index contributed by atoms with van der Waals surface area (Å²) in [6.07, 6.45) is -2.13. The Morgan fingerprint density at radius 3 is 2.37 bits per heavy atom. The van der Waals surface area contributed by atoms with Gasteiger partial charge >= 0.3 is 0 Å². The van der Waals surface area contributed by atoms with Gasteiger partial charge in [-0.3, -0.25) is 4.79 Å². The van der Waals surface area contributed by atoms with Crippen LogP contribution in [-0.4, -0.2) is 87.8 Å². The standard InChI is InChI=1S/C30H27F2N3O6/c31-20-11-21-26(34-30(33-21)41-23-14-40-27-22(37)13-39-28(23)27)25(32)24(20)17-5-1-15(2-6-17)16-3-7-18(8-4-16)29(38)35-10-9-19(36)12-35/h1-8,11,19,22-23,27-28,36-37H,9-10,12-14H2,(H,33,34). The van der Waals surface area contributed by atoms with Gasteiger partial charge in [-0.2, -0.15) is 4.98 Å². The molecule has 5 atom stereocenters. The zero-order valence-electron chi connectivity index (χ0n) is 21.8. The molecule has 0 aliphatic carbocycles. The highest BCUT2D eigenvalue weighted by Gasteiger charge is 2.48. The zero-order chi connectivity index (χ0) is 28.2. The van der Waals surface area contributed by atoms with E-state index >= 15 is 8.78 Å². The summed E-state index contributed by atoms with van der Waals surface area (Å²) in [5, 5.41) is 19.6. The molecule has 0 saturated carbocycles. The van der Waals surface area contributed by atoms with Crippen molar-refractivity contribution in [2.24, 2.45) is 0 Å². The highest BCUT2D eigenvalue weighted by Crippen LogP contribution is 2.35. The molecule has 1 aromatic heterocycles. The summed E-state index contributed by atoms with van der Waals surface area (Å²) < 4.78 is 47.7. The molecule has 212 valence electrons. The minimum atomic E-state index is -0.818. The van der Waals surface area contributed by atoms with E-state index in [1.54, 1.807) is 41.3 Å². The van der Waals surface area contributed by atoms with E-state index in [2.05, 4.69) is 9.97 Å². The van der Waals surface area contributed by atoms with Crippen LogP contribution < -0.4 is 4.74 Å². The van der Waals surface area contributed by atoms with Crippen molar-refractivity contribution in [1.29, 1.82) is 0 Å². The number of rotatable bonds is 5. The van der Waals surface area contributed by atoms with Gasteiger partial charge in [0.05, 0.1) is 30.4 Å². The Hall–Kier alpha value is -3.90. The van der Waals surface area contributed by atoms with E-state index in [1.165, 1.54) is 6.07 Å². The van der Waals surface area contributed by atoms with Gasteiger partial charge in [0.2, 0.25) is 0 Å². The Morgan fingerprint density at radius 2 is 1.66 bits per heavy atom. The summed E-state index contributed by atoms with van der Waals surface area (Å²) in [7, 11) is 0. The number of carbonyl (C=O) groups is 1. The van der Waals surface area contributed by atoms with Crippen LogP contribution in [0.15, 0.2) is 54.6 Å². The number of H-pyrrole nitrogens is 1. The third kappa shape index (κ3) is 4.64. The first kappa shape index (κ1) is 26.0. The normalized spacial score (nSPS) is 25.7. The Kier molecular flexibility index (Phi) is 6.46. The number of carbonyl (C=O) groups excluding carboxylic acids is 1. The number of aliphatic hydroxyl groups is 2. The highest BCUT2D eigenvalue weighted by atomic mass is 19.1. The monoisotopic (exact) mass is 563 g/mol. The van der Waals surface area contributed by atoms with Gasteiger partial charge in [0.15, 0.2) is 11.9 Å². The first-order chi connectivity index (χ1) is 19.9. The van der Waals surface area contributed by atoms with Gasteiger partial charge in [-0.05, 0) is 35.2 Å². The van der Waals surface area contributed by atoms with Crippen LogP contribution in [0, 0.1) is 11.6 Å². The predicted octanol–water partition coefficient (Wildman–Crippen LogP) is 3.29. The van der Waals surface area contributed by atoms with Crippen molar-refractivity contribution in [2.75, 3.05) is 26.3 Å². The summed E-state index contributed by atoms with van der Waals surface area (Å²) in [5.74, 6) is -1.69. The summed E-state index contributed by atoms with van der Waals surface area (Å²) in [6, 6.07) is 15.1. The Labute approximate surface area is 233 Å².